The van der Waals surface area contributed by atoms with Crippen LogP contribution in [0.5, 0.6) is 0 Å². The number of azo groups is 1. The van der Waals surface area contributed by atoms with E-state index in [9.17, 15) is 43.7 Å². The Bertz CT molecular complexity index is 2310. The van der Waals surface area contributed by atoms with E-state index in [0.29, 0.717) is 18.2 Å². The number of carbonyl (C=O) groups excluding carboxylic acids is 1. The molecule has 21 nitrogen and oxygen atoms in total. The van der Waals surface area contributed by atoms with Crippen LogP contribution in [0.2, 0.25) is 5.28 Å². The van der Waals surface area contributed by atoms with Crippen molar-refractivity contribution in [2.45, 2.75) is 14.7 Å². The molecule has 0 atom stereocenters. The monoisotopic (exact) mass is 830 g/mol. The van der Waals surface area contributed by atoms with Crippen molar-refractivity contribution in [1.82, 2.24) is 15.0 Å². The molecular formula is C24H24ClN9Na3O12S3. The third-order valence-electron chi connectivity index (χ3n) is 5.97. The fourth-order valence-electron chi connectivity index (χ4n) is 4.02. The molecule has 0 saturated carbocycles. The Hall–Kier alpha value is -1.66. The second kappa shape index (κ2) is 20.3. The Kier molecular flexibility index (Phi) is 18.9. The third kappa shape index (κ3) is 13.6. The average molecular weight is 831 g/mol. The predicted octanol–water partition coefficient (Wildman–Crippen LogP) is 1.35. The largest absolute Gasteiger partial charge is 0.394 e. The molecule has 1 aromatic heterocycles. The van der Waals surface area contributed by atoms with E-state index < -0.39 is 67.5 Å². The quantitative estimate of drug-likeness (QED) is 0.0385. The predicted molar refractivity (Wildman–Crippen MR) is 189 cm³/mol. The number of hydrogen-bond acceptors (Lipinski definition) is 16. The number of carbonyl (C=O) groups is 1. The standard InChI is InChI=1S/C24H24ClN9O12S3.3Na/c25-21-30-23(27-3-5-46-6-4-35)32-24(31-21)28-13-1-2-16(17(9-13)29-22(26)36)33-34-18-11-15-12(8-20(18)49(43,44)45)7-14(47(37,38)39)10-19(15)48(40,41)42;;;/h1-2,7-11,35H,3-6H2,(H3,26,29,36)(H,37,38,39)(H,40,41,42)(H,43,44,45)(H2,27,28,30,31,32);;;. The van der Waals surface area contributed by atoms with Crippen LogP contribution in [-0.2, 0) is 35.1 Å². The summed E-state index contributed by atoms with van der Waals surface area (Å²) in [5.41, 5.74) is 4.58. The molecule has 3 aromatic carbocycles. The molecule has 0 spiro atoms. The Morgan fingerprint density at radius 1 is 0.808 bits per heavy atom. The van der Waals surface area contributed by atoms with Gasteiger partial charge in [0, 0.05) is 106 Å². The molecule has 4 rings (SSSR count). The molecule has 2 amide bonds. The van der Waals surface area contributed by atoms with Crippen molar-refractivity contribution < 1.29 is 53.5 Å². The van der Waals surface area contributed by atoms with E-state index in [1.165, 1.54) is 18.2 Å². The molecule has 0 aliphatic heterocycles. The summed E-state index contributed by atoms with van der Waals surface area (Å²) < 4.78 is 106. The Morgan fingerprint density at radius 2 is 1.44 bits per heavy atom. The summed E-state index contributed by atoms with van der Waals surface area (Å²) in [6.45, 7) is 0.495. The molecule has 0 aliphatic rings. The van der Waals surface area contributed by atoms with Gasteiger partial charge < -0.3 is 31.5 Å². The summed E-state index contributed by atoms with van der Waals surface area (Å²) in [5, 5.41) is 23.3. The third-order valence-corrected chi connectivity index (χ3v) is 8.75. The molecule has 3 radical (unpaired) electrons. The number of primary amides is 1. The first kappa shape index (κ1) is 48.4. The van der Waals surface area contributed by atoms with Crippen LogP contribution in [0.15, 0.2) is 67.4 Å². The van der Waals surface area contributed by atoms with Gasteiger partial charge >= 0.3 is 6.03 Å². The van der Waals surface area contributed by atoms with Gasteiger partial charge in [-0.05, 0) is 59.5 Å². The van der Waals surface area contributed by atoms with Crippen molar-refractivity contribution in [2.75, 3.05) is 42.3 Å². The van der Waals surface area contributed by atoms with Crippen molar-refractivity contribution in [3.05, 3.63) is 47.7 Å². The van der Waals surface area contributed by atoms with Gasteiger partial charge in [-0.2, -0.15) is 40.2 Å². The van der Waals surface area contributed by atoms with E-state index in [1.807, 2.05) is 0 Å². The zero-order valence-corrected chi connectivity index (χ0v) is 36.5. The summed E-state index contributed by atoms with van der Waals surface area (Å²) in [6.07, 6.45) is 0. The zero-order valence-electron chi connectivity index (χ0n) is 27.3. The second-order valence-corrected chi connectivity index (χ2v) is 14.0. The van der Waals surface area contributed by atoms with Crippen LogP contribution < -0.4 is 21.7 Å². The maximum absolute atomic E-state index is 12.2. The van der Waals surface area contributed by atoms with Crippen LogP contribution in [0.1, 0.15) is 0 Å². The van der Waals surface area contributed by atoms with Crippen LogP contribution in [-0.4, -0.2) is 180 Å². The van der Waals surface area contributed by atoms with E-state index in [2.05, 4.69) is 41.1 Å². The first-order chi connectivity index (χ1) is 22.8. The van der Waals surface area contributed by atoms with Crippen LogP contribution in [0, 0.1) is 0 Å². The van der Waals surface area contributed by atoms with Crippen LogP contribution in [0.3, 0.4) is 0 Å². The summed E-state index contributed by atoms with van der Waals surface area (Å²) in [7, 11) is -15.4. The van der Waals surface area contributed by atoms with Crippen LogP contribution in [0.25, 0.3) is 10.8 Å². The number of aliphatic hydroxyl groups excluding tert-OH is 1. The molecule has 265 valence electrons. The molecule has 4 aromatic rings. The van der Waals surface area contributed by atoms with Gasteiger partial charge in [0.15, 0.2) is 0 Å². The molecule has 0 unspecified atom stereocenters. The number of anilines is 4. The van der Waals surface area contributed by atoms with Crippen LogP contribution >= 0.6 is 11.6 Å². The number of fused-ring (bicyclic) bond motifs is 1. The SMILES string of the molecule is NC(=O)Nc1cc(Nc2nc(Cl)nc(NCCOCCO)n2)ccc1N=Nc1cc2c(S(=O)(=O)O)cc(S(=O)(=O)O)cc2cc1S(=O)(=O)O.[Na].[Na].[Na]. The zero-order chi connectivity index (χ0) is 36.1. The Balaban J connectivity index is 0.00000451. The second-order valence-electron chi connectivity index (χ2n) is 9.45. The molecule has 0 saturated heterocycles. The van der Waals surface area contributed by atoms with Gasteiger partial charge in [-0.15, -0.1) is 10.2 Å². The Labute approximate surface area is 367 Å². The number of aromatic nitrogens is 3. The first-order valence-corrected chi connectivity index (χ1v) is 17.8. The molecule has 0 fully saturated rings. The van der Waals surface area contributed by atoms with E-state index in [0.717, 1.165) is 6.07 Å². The van der Waals surface area contributed by atoms with E-state index >= 15 is 0 Å². The number of ether oxygens (including phenoxy) is 1. The fraction of sp³-hybridized carbons (Fsp3) is 0.167. The number of urea groups is 1. The molecule has 1 heterocycles. The van der Waals surface area contributed by atoms with Crippen LogP contribution in [0.4, 0.5) is 39.4 Å². The molecule has 0 bridgehead atoms. The molecular weight excluding hydrogens is 807 g/mol. The number of rotatable bonds is 14. The van der Waals surface area contributed by atoms with E-state index in [4.69, 9.17) is 27.2 Å². The maximum Gasteiger partial charge on any atom is 0.316 e. The Morgan fingerprint density at radius 3 is 2.04 bits per heavy atom. The summed E-state index contributed by atoms with van der Waals surface area (Å²) in [4.78, 5) is 20.8. The molecule has 28 heteroatoms. The van der Waals surface area contributed by atoms with Crippen molar-refractivity contribution >= 4 is 182 Å². The minimum Gasteiger partial charge on any atom is -0.394 e. The van der Waals surface area contributed by atoms with Gasteiger partial charge in [0.25, 0.3) is 30.4 Å². The van der Waals surface area contributed by atoms with Gasteiger partial charge in [-0.3, -0.25) is 13.7 Å². The molecule has 9 N–H and O–H groups in total. The van der Waals surface area contributed by atoms with Crippen molar-refractivity contribution in [3.63, 3.8) is 0 Å². The average Bonchev–Trinajstić information content (AvgIpc) is 2.97. The maximum atomic E-state index is 12.2. The van der Waals surface area contributed by atoms with Crippen molar-refractivity contribution in [3.8, 4) is 0 Å². The van der Waals surface area contributed by atoms with Gasteiger partial charge in [-0.1, -0.05) is 0 Å². The first-order valence-electron chi connectivity index (χ1n) is 13.1. The van der Waals surface area contributed by atoms with Gasteiger partial charge in [0.1, 0.15) is 21.2 Å². The van der Waals surface area contributed by atoms with Gasteiger partial charge in [-0.25, -0.2) is 4.79 Å². The van der Waals surface area contributed by atoms with Gasteiger partial charge in [0.05, 0.1) is 30.4 Å². The van der Waals surface area contributed by atoms with E-state index in [-0.39, 0.29) is 149 Å². The number of nitrogens with zero attached hydrogens (tertiary/aromatic N) is 5. The molecule has 52 heavy (non-hydrogen) atoms. The number of hydrogen-bond donors (Lipinski definition) is 8. The fourth-order valence-corrected chi connectivity index (χ4v) is 6.17. The topological polar surface area (TPSA) is 335 Å². The van der Waals surface area contributed by atoms with Crippen molar-refractivity contribution in [2.24, 2.45) is 16.0 Å². The number of nitrogens with two attached hydrogens (primary N) is 1. The summed E-state index contributed by atoms with van der Waals surface area (Å²) in [5.74, 6) is 0.0336. The number of amides is 2. The van der Waals surface area contributed by atoms with Gasteiger partial charge in [0.2, 0.25) is 17.2 Å². The van der Waals surface area contributed by atoms with Crippen molar-refractivity contribution in [1.29, 1.82) is 0 Å². The molecule has 0 aliphatic carbocycles. The minimum atomic E-state index is -5.18. The number of aliphatic hydroxyl groups is 1. The normalized spacial score (nSPS) is 11.6. The summed E-state index contributed by atoms with van der Waals surface area (Å²) >= 11 is 5.99. The number of benzene rings is 3. The summed E-state index contributed by atoms with van der Waals surface area (Å²) in [6, 6.07) is 5.44. The smallest absolute Gasteiger partial charge is 0.316 e. The minimum absolute atomic E-state index is 0. The number of nitrogens with one attached hydrogen (secondary N) is 3. The number of halogens is 1. The van der Waals surface area contributed by atoms with E-state index in [1.54, 1.807) is 0 Å².